The van der Waals surface area contributed by atoms with Crippen LogP contribution in [0.15, 0.2) is 24.4 Å². The molecular formula is C18H21F3N4OS. The number of carbonyl (C=O) groups excluding carboxylic acids is 1. The molecule has 9 heteroatoms. The number of rotatable bonds is 4. The molecular weight excluding hydrogens is 377 g/mol. The molecule has 1 aromatic heterocycles. The summed E-state index contributed by atoms with van der Waals surface area (Å²) in [5.41, 5.74) is 2.86. The fourth-order valence-electron chi connectivity index (χ4n) is 3.03. The van der Waals surface area contributed by atoms with Crippen molar-refractivity contribution < 1.29 is 18.0 Å². The van der Waals surface area contributed by atoms with Crippen molar-refractivity contribution in [2.45, 2.75) is 20.0 Å². The van der Waals surface area contributed by atoms with Crippen LogP contribution in [0.2, 0.25) is 0 Å². The summed E-state index contributed by atoms with van der Waals surface area (Å²) >= 11 is 0.658. The number of nitrogens with zero attached hydrogens (tertiary/aromatic N) is 3. The third kappa shape index (κ3) is 4.78. The van der Waals surface area contributed by atoms with Gasteiger partial charge in [-0.25, -0.2) is 4.98 Å². The van der Waals surface area contributed by atoms with Crippen molar-refractivity contribution >= 4 is 28.1 Å². The average molecular weight is 398 g/mol. The van der Waals surface area contributed by atoms with Crippen molar-refractivity contribution in [1.82, 2.24) is 9.88 Å². The topological polar surface area (TPSA) is 48.5 Å². The molecule has 1 aliphatic rings. The number of carbonyl (C=O) groups is 1. The lowest BCUT2D eigenvalue weighted by molar-refractivity contribution is -0.134. The number of halogens is 3. The normalized spacial score (nSPS) is 15.8. The van der Waals surface area contributed by atoms with E-state index in [4.69, 9.17) is 0 Å². The summed E-state index contributed by atoms with van der Waals surface area (Å²) in [6, 6.07) is 5.84. The monoisotopic (exact) mass is 398 g/mol. The van der Waals surface area contributed by atoms with Crippen molar-refractivity contribution in [3.63, 3.8) is 0 Å². The molecule has 0 saturated carbocycles. The lowest BCUT2D eigenvalue weighted by atomic mass is 10.1. The summed E-state index contributed by atoms with van der Waals surface area (Å²) in [5, 5.41) is 3.34. The molecule has 0 atom stereocenters. The van der Waals surface area contributed by atoms with Crippen LogP contribution in [0.1, 0.15) is 16.0 Å². The van der Waals surface area contributed by atoms with Crippen LogP contribution < -0.4 is 10.2 Å². The highest BCUT2D eigenvalue weighted by Gasteiger charge is 2.34. The van der Waals surface area contributed by atoms with Gasteiger partial charge < -0.3 is 10.2 Å². The number of aryl methyl sites for hydroxylation is 2. The molecule has 0 bridgehead atoms. The predicted molar refractivity (Wildman–Crippen MR) is 100 cm³/mol. The van der Waals surface area contributed by atoms with E-state index < -0.39 is 11.1 Å². The van der Waals surface area contributed by atoms with Gasteiger partial charge in [-0.2, -0.15) is 13.2 Å². The minimum atomic E-state index is -4.36. The number of benzene rings is 1. The van der Waals surface area contributed by atoms with E-state index in [0.29, 0.717) is 42.6 Å². The van der Waals surface area contributed by atoms with E-state index in [-0.39, 0.29) is 12.5 Å². The van der Waals surface area contributed by atoms with Gasteiger partial charge in [0, 0.05) is 31.9 Å². The van der Waals surface area contributed by atoms with Gasteiger partial charge in [0.1, 0.15) is 4.88 Å². The molecule has 2 heterocycles. The molecule has 1 aromatic carbocycles. The Balaban J connectivity index is 1.52. The van der Waals surface area contributed by atoms with E-state index in [9.17, 15) is 18.0 Å². The highest BCUT2D eigenvalue weighted by Crippen LogP contribution is 2.36. The van der Waals surface area contributed by atoms with Crippen molar-refractivity contribution in [3.05, 3.63) is 40.4 Å². The molecule has 1 N–H and O–H groups in total. The van der Waals surface area contributed by atoms with Gasteiger partial charge in [0.2, 0.25) is 5.91 Å². The summed E-state index contributed by atoms with van der Waals surface area (Å²) in [4.78, 5) is 19.4. The lowest BCUT2D eigenvalue weighted by Crippen LogP contribution is -2.48. The molecule has 0 aliphatic carbocycles. The number of para-hydroxylation sites is 1. The zero-order chi connectivity index (χ0) is 19.6. The fraction of sp³-hybridized carbons (Fsp3) is 0.444. The van der Waals surface area contributed by atoms with Gasteiger partial charge in [-0.1, -0.05) is 29.5 Å². The Labute approximate surface area is 159 Å². The first kappa shape index (κ1) is 19.6. The molecule has 2 aromatic rings. The Morgan fingerprint density at radius 2 is 1.81 bits per heavy atom. The maximum atomic E-state index is 12.7. The van der Waals surface area contributed by atoms with Gasteiger partial charge in [0.25, 0.3) is 0 Å². The van der Waals surface area contributed by atoms with Crippen LogP contribution >= 0.6 is 11.3 Å². The summed E-state index contributed by atoms with van der Waals surface area (Å²) in [7, 11) is 0. The number of amides is 1. The Hall–Kier alpha value is -2.13. The molecule has 0 unspecified atom stereocenters. The Kier molecular flexibility index (Phi) is 5.71. The third-order valence-electron chi connectivity index (χ3n) is 4.53. The van der Waals surface area contributed by atoms with Crippen LogP contribution in [0.4, 0.5) is 24.0 Å². The maximum absolute atomic E-state index is 12.7. The number of piperazine rings is 1. The van der Waals surface area contributed by atoms with E-state index in [1.54, 1.807) is 0 Å². The third-order valence-corrected chi connectivity index (χ3v) is 5.63. The molecule has 5 nitrogen and oxygen atoms in total. The molecule has 146 valence electrons. The molecule has 3 rings (SSSR count). The fourth-order valence-corrected chi connectivity index (χ4v) is 3.87. The minimum absolute atomic E-state index is 0.0885. The first-order chi connectivity index (χ1) is 12.7. The van der Waals surface area contributed by atoms with Crippen molar-refractivity contribution in [2.24, 2.45) is 0 Å². The molecule has 1 amide bonds. The Morgan fingerprint density at radius 1 is 1.19 bits per heavy atom. The quantitative estimate of drug-likeness (QED) is 0.856. The second kappa shape index (κ2) is 7.85. The van der Waals surface area contributed by atoms with Gasteiger partial charge in [0.05, 0.1) is 12.7 Å². The van der Waals surface area contributed by atoms with E-state index in [2.05, 4.69) is 10.3 Å². The second-order valence-corrected chi connectivity index (χ2v) is 7.59. The minimum Gasteiger partial charge on any atom is -0.346 e. The highest BCUT2D eigenvalue weighted by atomic mass is 32.1. The highest BCUT2D eigenvalue weighted by molar-refractivity contribution is 7.15. The maximum Gasteiger partial charge on any atom is 0.427 e. The molecule has 1 saturated heterocycles. The van der Waals surface area contributed by atoms with Crippen LogP contribution in [0.5, 0.6) is 0 Å². The number of thiazole rings is 1. The number of hydrogen-bond acceptors (Lipinski definition) is 5. The van der Waals surface area contributed by atoms with Crippen LogP contribution in [0, 0.1) is 13.8 Å². The summed E-state index contributed by atoms with van der Waals surface area (Å²) < 4.78 is 38.1. The van der Waals surface area contributed by atoms with Crippen molar-refractivity contribution in [1.29, 1.82) is 0 Å². The summed E-state index contributed by atoms with van der Waals surface area (Å²) in [5.74, 6) is -0.0885. The standard InChI is InChI=1S/C18H21F3N4OS/c1-12-4-3-5-13(2)16(12)23-15(26)11-24-6-8-25(9-7-24)17-22-10-14(27-17)18(19,20)21/h3-5,10H,6-9,11H2,1-2H3,(H,23,26). The molecule has 27 heavy (non-hydrogen) atoms. The zero-order valence-corrected chi connectivity index (χ0v) is 16.0. The van der Waals surface area contributed by atoms with Crippen molar-refractivity contribution in [2.75, 3.05) is 42.9 Å². The van der Waals surface area contributed by atoms with E-state index in [0.717, 1.165) is 23.0 Å². The molecule has 1 aliphatic heterocycles. The van der Waals surface area contributed by atoms with Gasteiger partial charge >= 0.3 is 6.18 Å². The van der Waals surface area contributed by atoms with Gasteiger partial charge in [0.15, 0.2) is 5.13 Å². The van der Waals surface area contributed by atoms with Crippen LogP contribution in [-0.2, 0) is 11.0 Å². The van der Waals surface area contributed by atoms with Crippen LogP contribution in [0.3, 0.4) is 0 Å². The van der Waals surface area contributed by atoms with E-state index >= 15 is 0 Å². The number of hydrogen-bond donors (Lipinski definition) is 1. The summed E-state index contributed by atoms with van der Waals surface area (Å²) in [6.45, 7) is 6.44. The molecule has 0 radical (unpaired) electrons. The largest absolute Gasteiger partial charge is 0.427 e. The average Bonchev–Trinajstić information content (AvgIpc) is 3.09. The van der Waals surface area contributed by atoms with Crippen LogP contribution in [-0.4, -0.2) is 48.5 Å². The van der Waals surface area contributed by atoms with Gasteiger partial charge in [-0.05, 0) is 25.0 Å². The Bertz CT molecular complexity index is 793. The lowest BCUT2D eigenvalue weighted by Gasteiger charge is -2.34. The number of aromatic nitrogens is 1. The zero-order valence-electron chi connectivity index (χ0n) is 15.1. The SMILES string of the molecule is Cc1cccc(C)c1NC(=O)CN1CCN(c2ncc(C(F)(F)F)s2)CC1. The van der Waals surface area contributed by atoms with Crippen LogP contribution in [0.25, 0.3) is 0 Å². The van der Waals surface area contributed by atoms with E-state index in [1.165, 1.54) is 0 Å². The summed E-state index contributed by atoms with van der Waals surface area (Å²) in [6.07, 6.45) is -3.48. The molecule has 1 fully saturated rings. The first-order valence-electron chi connectivity index (χ1n) is 8.60. The van der Waals surface area contributed by atoms with Gasteiger partial charge in [-0.3, -0.25) is 9.69 Å². The predicted octanol–water partition coefficient (Wildman–Crippen LogP) is 3.54. The second-order valence-electron chi connectivity index (χ2n) is 6.58. The van der Waals surface area contributed by atoms with Gasteiger partial charge in [-0.15, -0.1) is 0 Å². The number of nitrogens with one attached hydrogen (secondary N) is 1. The van der Waals surface area contributed by atoms with E-state index in [1.807, 2.05) is 41.8 Å². The van der Waals surface area contributed by atoms with Crippen molar-refractivity contribution in [3.8, 4) is 0 Å². The number of alkyl halides is 3. The Morgan fingerprint density at radius 3 is 2.37 bits per heavy atom. The number of anilines is 2. The smallest absolute Gasteiger partial charge is 0.346 e. The first-order valence-corrected chi connectivity index (χ1v) is 9.42. The molecule has 0 spiro atoms.